The number of carbonyl (C=O) groups excluding carboxylic acids is 2. The maximum absolute atomic E-state index is 12.8. The second-order valence-corrected chi connectivity index (χ2v) is 10.3. The van der Waals surface area contributed by atoms with Crippen molar-refractivity contribution >= 4 is 21.6 Å². The number of hydrogen-bond acceptors (Lipinski definition) is 6. The molecule has 0 bridgehead atoms. The standard InChI is InChI=1S/C26H29NO6S/c1-17-6-11-22(34(5,30)31)15-23(17)26(29)33-16-25(28)24-14-18(2)27(19(24)3)13-12-20-7-9-21(32-4)10-8-20/h6-11,14-15H,12-13,16H2,1-5H3. The van der Waals surface area contributed by atoms with Crippen LogP contribution in [0.15, 0.2) is 53.4 Å². The molecule has 1 heterocycles. The van der Waals surface area contributed by atoms with Crippen LogP contribution in [0.1, 0.15) is 43.2 Å². The van der Waals surface area contributed by atoms with Crippen molar-refractivity contribution in [3.05, 3.63) is 82.2 Å². The molecule has 8 heteroatoms. The number of ketones is 1. The van der Waals surface area contributed by atoms with Gasteiger partial charge in [0.25, 0.3) is 0 Å². The molecule has 0 aliphatic rings. The lowest BCUT2D eigenvalue weighted by molar-refractivity contribution is 0.0473. The summed E-state index contributed by atoms with van der Waals surface area (Å²) in [6.45, 7) is 5.76. The van der Waals surface area contributed by atoms with E-state index in [1.54, 1.807) is 26.2 Å². The van der Waals surface area contributed by atoms with Gasteiger partial charge in [-0.2, -0.15) is 0 Å². The van der Waals surface area contributed by atoms with Crippen LogP contribution in [0, 0.1) is 20.8 Å². The van der Waals surface area contributed by atoms with Gasteiger partial charge < -0.3 is 14.0 Å². The topological polar surface area (TPSA) is 91.7 Å². The minimum absolute atomic E-state index is 0.0248. The molecule has 3 rings (SSSR count). The zero-order valence-electron chi connectivity index (χ0n) is 20.0. The number of rotatable bonds is 9. The van der Waals surface area contributed by atoms with Crippen LogP contribution in [0.25, 0.3) is 0 Å². The maximum atomic E-state index is 12.8. The van der Waals surface area contributed by atoms with Gasteiger partial charge in [-0.3, -0.25) is 4.79 Å². The van der Waals surface area contributed by atoms with Gasteiger partial charge in [0.05, 0.1) is 17.6 Å². The van der Waals surface area contributed by atoms with Gasteiger partial charge in [0, 0.05) is 29.8 Å². The quantitative estimate of drug-likeness (QED) is 0.336. The number of Topliss-reactive ketones (excluding diaryl/α,β-unsaturated/α-hetero) is 1. The zero-order valence-corrected chi connectivity index (χ0v) is 20.9. The van der Waals surface area contributed by atoms with Crippen molar-refractivity contribution in [3.63, 3.8) is 0 Å². The molecule has 3 aromatic rings. The monoisotopic (exact) mass is 483 g/mol. The second kappa shape index (κ2) is 10.3. The summed E-state index contributed by atoms with van der Waals surface area (Å²) in [7, 11) is -1.84. The van der Waals surface area contributed by atoms with Crippen molar-refractivity contribution in [3.8, 4) is 5.75 Å². The van der Waals surface area contributed by atoms with Crippen molar-refractivity contribution in [2.75, 3.05) is 20.0 Å². The molecule has 0 radical (unpaired) electrons. The zero-order chi connectivity index (χ0) is 25.0. The van der Waals surface area contributed by atoms with E-state index in [4.69, 9.17) is 9.47 Å². The Morgan fingerprint density at radius 3 is 2.24 bits per heavy atom. The number of methoxy groups -OCH3 is 1. The Bertz CT molecular complexity index is 1320. The Kier molecular flexibility index (Phi) is 7.61. The van der Waals surface area contributed by atoms with E-state index >= 15 is 0 Å². The molecule has 0 amide bonds. The number of esters is 1. The van der Waals surface area contributed by atoms with Crippen LogP contribution in [0.2, 0.25) is 0 Å². The average Bonchev–Trinajstić information content (AvgIpc) is 3.09. The van der Waals surface area contributed by atoms with E-state index < -0.39 is 22.4 Å². The van der Waals surface area contributed by atoms with Crippen molar-refractivity contribution in [2.24, 2.45) is 0 Å². The molecule has 0 aliphatic heterocycles. The Morgan fingerprint density at radius 1 is 0.941 bits per heavy atom. The number of sulfone groups is 1. The first-order valence-electron chi connectivity index (χ1n) is 10.8. The fourth-order valence-electron chi connectivity index (χ4n) is 3.80. The van der Waals surface area contributed by atoms with Gasteiger partial charge >= 0.3 is 5.97 Å². The van der Waals surface area contributed by atoms with Crippen LogP contribution < -0.4 is 4.74 Å². The highest BCUT2D eigenvalue weighted by Crippen LogP contribution is 2.20. The Hall–Kier alpha value is -3.39. The molecule has 34 heavy (non-hydrogen) atoms. The SMILES string of the molecule is COc1ccc(CCn2c(C)cc(C(=O)COC(=O)c3cc(S(C)(=O)=O)ccc3C)c2C)cc1. The summed E-state index contributed by atoms with van der Waals surface area (Å²) < 4.78 is 36.1. The number of nitrogens with zero attached hydrogens (tertiary/aromatic N) is 1. The van der Waals surface area contributed by atoms with Crippen LogP contribution in [-0.4, -0.2) is 44.7 Å². The van der Waals surface area contributed by atoms with Crippen molar-refractivity contribution in [2.45, 2.75) is 38.6 Å². The average molecular weight is 484 g/mol. The van der Waals surface area contributed by atoms with Crippen molar-refractivity contribution < 1.29 is 27.5 Å². The molecular formula is C26H29NO6S. The maximum Gasteiger partial charge on any atom is 0.338 e. The molecule has 2 aromatic carbocycles. The van der Waals surface area contributed by atoms with Gasteiger partial charge in [0.15, 0.2) is 16.4 Å². The van der Waals surface area contributed by atoms with Gasteiger partial charge in [-0.1, -0.05) is 18.2 Å². The van der Waals surface area contributed by atoms with E-state index in [-0.39, 0.29) is 16.2 Å². The molecule has 0 aliphatic carbocycles. The lowest BCUT2D eigenvalue weighted by atomic mass is 10.1. The molecular weight excluding hydrogens is 454 g/mol. The summed E-state index contributed by atoms with van der Waals surface area (Å²) in [4.78, 5) is 25.4. The summed E-state index contributed by atoms with van der Waals surface area (Å²) in [6.07, 6.45) is 1.86. The Balaban J connectivity index is 1.68. The van der Waals surface area contributed by atoms with E-state index in [0.717, 1.165) is 35.4 Å². The highest BCUT2D eigenvalue weighted by atomic mass is 32.2. The molecule has 0 fully saturated rings. The molecule has 0 spiro atoms. The van der Waals surface area contributed by atoms with Crippen LogP contribution in [0.5, 0.6) is 5.75 Å². The third-order valence-electron chi connectivity index (χ3n) is 5.85. The number of ether oxygens (including phenoxy) is 2. The molecule has 7 nitrogen and oxygen atoms in total. The van der Waals surface area contributed by atoms with E-state index in [1.165, 1.54) is 12.1 Å². The van der Waals surface area contributed by atoms with Gasteiger partial charge in [-0.05, 0) is 68.7 Å². The summed E-state index contributed by atoms with van der Waals surface area (Å²) in [5, 5.41) is 0. The predicted octanol–water partition coefficient (Wildman–Crippen LogP) is 4.11. The molecule has 0 unspecified atom stereocenters. The number of benzene rings is 2. The first-order valence-corrected chi connectivity index (χ1v) is 12.7. The molecule has 0 N–H and O–H groups in total. The summed E-state index contributed by atoms with van der Waals surface area (Å²) in [5.41, 5.74) is 4.10. The van der Waals surface area contributed by atoms with E-state index in [2.05, 4.69) is 4.57 Å². The lowest BCUT2D eigenvalue weighted by Crippen LogP contribution is -2.16. The molecule has 0 saturated heterocycles. The van der Waals surface area contributed by atoms with Crippen LogP contribution in [0.3, 0.4) is 0 Å². The number of aromatic nitrogens is 1. The third-order valence-corrected chi connectivity index (χ3v) is 6.96. The van der Waals surface area contributed by atoms with Gasteiger partial charge in [-0.15, -0.1) is 0 Å². The van der Waals surface area contributed by atoms with Crippen molar-refractivity contribution in [1.82, 2.24) is 4.57 Å². The predicted molar refractivity (Wildman–Crippen MR) is 130 cm³/mol. The smallest absolute Gasteiger partial charge is 0.338 e. The minimum atomic E-state index is -3.47. The van der Waals surface area contributed by atoms with Gasteiger partial charge in [0.2, 0.25) is 5.78 Å². The van der Waals surface area contributed by atoms with E-state index in [0.29, 0.717) is 17.7 Å². The number of hydrogen-bond donors (Lipinski definition) is 0. The largest absolute Gasteiger partial charge is 0.497 e. The van der Waals surface area contributed by atoms with E-state index in [9.17, 15) is 18.0 Å². The van der Waals surface area contributed by atoms with Crippen molar-refractivity contribution in [1.29, 1.82) is 0 Å². The molecule has 0 atom stereocenters. The fourth-order valence-corrected chi connectivity index (χ4v) is 4.45. The van der Waals surface area contributed by atoms with Crippen LogP contribution in [0.4, 0.5) is 0 Å². The van der Waals surface area contributed by atoms with Gasteiger partial charge in [0.1, 0.15) is 5.75 Å². The lowest BCUT2D eigenvalue weighted by Gasteiger charge is -2.11. The number of carbonyl (C=O) groups is 2. The molecule has 0 saturated carbocycles. The van der Waals surface area contributed by atoms with Crippen LogP contribution >= 0.6 is 0 Å². The highest BCUT2D eigenvalue weighted by Gasteiger charge is 2.20. The Labute approximate surface area is 200 Å². The first kappa shape index (κ1) is 25.2. The molecule has 180 valence electrons. The van der Waals surface area contributed by atoms with Gasteiger partial charge in [-0.25, -0.2) is 13.2 Å². The fraction of sp³-hybridized carbons (Fsp3) is 0.308. The minimum Gasteiger partial charge on any atom is -0.497 e. The normalized spacial score (nSPS) is 11.3. The highest BCUT2D eigenvalue weighted by molar-refractivity contribution is 7.90. The summed E-state index contributed by atoms with van der Waals surface area (Å²) in [5.74, 6) is -0.239. The summed E-state index contributed by atoms with van der Waals surface area (Å²) in [6, 6.07) is 13.9. The third kappa shape index (κ3) is 5.75. The van der Waals surface area contributed by atoms with Crippen LogP contribution in [-0.2, 0) is 27.5 Å². The number of aryl methyl sites for hydroxylation is 3. The second-order valence-electron chi connectivity index (χ2n) is 8.28. The molecule has 1 aromatic heterocycles. The Morgan fingerprint density at radius 2 is 1.62 bits per heavy atom. The van der Waals surface area contributed by atoms with E-state index in [1.807, 2.05) is 38.1 Å². The first-order chi connectivity index (χ1) is 16.0. The summed E-state index contributed by atoms with van der Waals surface area (Å²) >= 11 is 0.